The average molecular weight is 202 g/mol. The molecule has 0 fully saturated rings. The van der Waals surface area contributed by atoms with E-state index in [1.165, 1.54) is 28.4 Å². The van der Waals surface area contributed by atoms with E-state index in [1.54, 1.807) is 11.8 Å². The second-order valence-corrected chi connectivity index (χ2v) is 4.49. The van der Waals surface area contributed by atoms with Crippen LogP contribution in [0.25, 0.3) is 0 Å². The minimum Gasteiger partial charge on any atom is -0.470 e. The van der Waals surface area contributed by atoms with Crippen LogP contribution in [0.2, 0.25) is 0 Å². The molecule has 0 saturated heterocycles. The van der Waals surface area contributed by atoms with E-state index in [2.05, 4.69) is 13.2 Å². The number of hydrogen-bond acceptors (Lipinski definition) is 3. The molecule has 0 saturated carbocycles. The molecule has 68 valence electrons. The van der Waals surface area contributed by atoms with Crippen molar-refractivity contribution in [1.29, 1.82) is 0 Å². The number of thioether (sulfide) groups is 2. The molecule has 0 amide bonds. The molecule has 0 aliphatic heterocycles. The van der Waals surface area contributed by atoms with Crippen molar-refractivity contribution < 1.29 is 4.42 Å². The zero-order chi connectivity index (χ0) is 8.81. The van der Waals surface area contributed by atoms with Crippen LogP contribution in [0.5, 0.6) is 0 Å². The summed E-state index contributed by atoms with van der Waals surface area (Å²) in [5.74, 6) is 1.20. The van der Waals surface area contributed by atoms with E-state index in [4.69, 9.17) is 4.42 Å². The van der Waals surface area contributed by atoms with Gasteiger partial charge < -0.3 is 4.42 Å². The van der Waals surface area contributed by atoms with Gasteiger partial charge in [0.15, 0.2) is 0 Å². The first-order valence-corrected chi connectivity index (χ1v) is 6.32. The second-order valence-electron chi connectivity index (χ2n) is 2.51. The van der Waals surface area contributed by atoms with Gasteiger partial charge in [-0.1, -0.05) is 13.3 Å². The molecule has 0 unspecified atom stereocenters. The third-order valence-electron chi connectivity index (χ3n) is 1.57. The number of hydrogen-bond donors (Lipinski definition) is 0. The fourth-order valence-corrected chi connectivity index (χ4v) is 2.65. The predicted molar refractivity (Wildman–Crippen MR) is 56.1 cm³/mol. The van der Waals surface area contributed by atoms with Crippen molar-refractivity contribution >= 4 is 23.5 Å². The zero-order valence-electron chi connectivity index (χ0n) is 7.50. The van der Waals surface area contributed by atoms with Gasteiger partial charge in [-0.2, -0.15) is 0 Å². The van der Waals surface area contributed by atoms with Crippen LogP contribution < -0.4 is 0 Å². The van der Waals surface area contributed by atoms with Gasteiger partial charge in [-0.05, 0) is 18.4 Å². The first-order valence-electron chi connectivity index (χ1n) is 4.11. The summed E-state index contributed by atoms with van der Waals surface area (Å²) in [7, 11) is 0. The molecule has 12 heavy (non-hydrogen) atoms. The van der Waals surface area contributed by atoms with Crippen molar-refractivity contribution in [3.8, 4) is 0 Å². The molecule has 1 heterocycles. The topological polar surface area (TPSA) is 13.1 Å². The minimum atomic E-state index is 1.20. The summed E-state index contributed by atoms with van der Waals surface area (Å²) in [6.45, 7) is 2.21. The number of unbranched alkanes of at least 4 members (excludes halogenated alkanes) is 1. The predicted octanol–water partition coefficient (Wildman–Crippen LogP) is 3.89. The lowest BCUT2D eigenvalue weighted by atomic mass is 10.4. The molecule has 0 aliphatic carbocycles. The summed E-state index contributed by atoms with van der Waals surface area (Å²) < 4.78 is 5.13. The van der Waals surface area contributed by atoms with E-state index in [-0.39, 0.29) is 0 Å². The molecule has 1 aromatic rings. The molecule has 0 atom stereocenters. The molecule has 0 aliphatic rings. The fraction of sp³-hybridized carbons (Fsp3) is 0.556. The smallest absolute Gasteiger partial charge is 0.105 e. The van der Waals surface area contributed by atoms with Crippen molar-refractivity contribution in [3.63, 3.8) is 0 Å². The van der Waals surface area contributed by atoms with Crippen LogP contribution >= 0.6 is 23.5 Å². The van der Waals surface area contributed by atoms with Crippen LogP contribution in [0.4, 0.5) is 0 Å². The Morgan fingerprint density at radius 1 is 1.33 bits per heavy atom. The largest absolute Gasteiger partial charge is 0.470 e. The Balaban J connectivity index is 2.39. The number of furan rings is 1. The quantitative estimate of drug-likeness (QED) is 0.531. The Labute approximate surface area is 82.3 Å². The van der Waals surface area contributed by atoms with Gasteiger partial charge in [-0.25, -0.2) is 0 Å². The highest BCUT2D eigenvalue weighted by molar-refractivity contribution is 8.02. The van der Waals surface area contributed by atoms with E-state index in [9.17, 15) is 0 Å². The Morgan fingerprint density at radius 2 is 2.08 bits per heavy atom. The minimum absolute atomic E-state index is 1.20. The first kappa shape index (κ1) is 10.1. The standard InChI is InChI=1S/C9H14OS2/c1-3-4-5-12-9-7-10-6-8(9)11-2/h6-7H,3-5H2,1-2H3. The molecule has 1 rings (SSSR count). The molecular formula is C9H14OS2. The van der Waals surface area contributed by atoms with E-state index in [0.717, 1.165) is 0 Å². The Kier molecular flexibility index (Phi) is 4.69. The highest BCUT2D eigenvalue weighted by Gasteiger charge is 2.03. The summed E-state index contributed by atoms with van der Waals surface area (Å²) in [6.07, 6.45) is 8.28. The van der Waals surface area contributed by atoms with Crippen LogP contribution in [-0.2, 0) is 0 Å². The summed E-state index contributed by atoms with van der Waals surface area (Å²) in [5, 5.41) is 0. The van der Waals surface area contributed by atoms with Gasteiger partial charge >= 0.3 is 0 Å². The van der Waals surface area contributed by atoms with Crippen molar-refractivity contribution in [2.45, 2.75) is 29.6 Å². The maximum absolute atomic E-state index is 5.13. The fourth-order valence-electron chi connectivity index (χ4n) is 0.854. The Morgan fingerprint density at radius 3 is 2.75 bits per heavy atom. The van der Waals surface area contributed by atoms with Crippen LogP contribution in [0.15, 0.2) is 26.7 Å². The molecule has 0 aromatic carbocycles. The summed E-state index contributed by atoms with van der Waals surface area (Å²) in [6, 6.07) is 0. The zero-order valence-corrected chi connectivity index (χ0v) is 9.13. The van der Waals surface area contributed by atoms with Crippen LogP contribution in [0.3, 0.4) is 0 Å². The summed E-state index contributed by atoms with van der Waals surface area (Å²) in [4.78, 5) is 2.55. The van der Waals surface area contributed by atoms with Gasteiger partial charge in [0.1, 0.15) is 12.5 Å². The normalized spacial score (nSPS) is 10.5. The van der Waals surface area contributed by atoms with Crippen molar-refractivity contribution in [2.75, 3.05) is 12.0 Å². The van der Waals surface area contributed by atoms with Gasteiger partial charge in [0.05, 0.1) is 9.79 Å². The molecule has 0 radical (unpaired) electrons. The van der Waals surface area contributed by atoms with Crippen LogP contribution in [0, 0.1) is 0 Å². The van der Waals surface area contributed by atoms with Gasteiger partial charge in [0, 0.05) is 0 Å². The monoisotopic (exact) mass is 202 g/mol. The van der Waals surface area contributed by atoms with Gasteiger partial charge in [0.2, 0.25) is 0 Å². The maximum Gasteiger partial charge on any atom is 0.105 e. The van der Waals surface area contributed by atoms with E-state index < -0.39 is 0 Å². The maximum atomic E-state index is 5.13. The molecule has 0 spiro atoms. The van der Waals surface area contributed by atoms with Gasteiger partial charge in [-0.15, -0.1) is 23.5 Å². The highest BCUT2D eigenvalue weighted by Crippen LogP contribution is 2.30. The lowest BCUT2D eigenvalue weighted by Crippen LogP contribution is -1.77. The first-order chi connectivity index (χ1) is 5.88. The Hall–Kier alpha value is -0.0200. The second kappa shape index (κ2) is 5.60. The highest BCUT2D eigenvalue weighted by atomic mass is 32.2. The summed E-state index contributed by atoms with van der Waals surface area (Å²) in [5.41, 5.74) is 0. The van der Waals surface area contributed by atoms with Crippen molar-refractivity contribution in [2.24, 2.45) is 0 Å². The molecular weight excluding hydrogens is 188 g/mol. The summed E-state index contributed by atoms with van der Waals surface area (Å²) >= 11 is 3.63. The van der Waals surface area contributed by atoms with E-state index >= 15 is 0 Å². The van der Waals surface area contributed by atoms with E-state index in [0.29, 0.717) is 0 Å². The average Bonchev–Trinajstić information content (AvgIpc) is 2.52. The third-order valence-corrected chi connectivity index (χ3v) is 3.57. The van der Waals surface area contributed by atoms with Gasteiger partial charge in [-0.3, -0.25) is 0 Å². The molecule has 0 bridgehead atoms. The molecule has 1 aromatic heterocycles. The number of rotatable bonds is 5. The van der Waals surface area contributed by atoms with Crippen molar-refractivity contribution in [1.82, 2.24) is 0 Å². The van der Waals surface area contributed by atoms with Crippen LogP contribution in [0.1, 0.15) is 19.8 Å². The van der Waals surface area contributed by atoms with Crippen molar-refractivity contribution in [3.05, 3.63) is 12.5 Å². The van der Waals surface area contributed by atoms with E-state index in [1.807, 2.05) is 24.3 Å². The molecule has 3 heteroatoms. The third kappa shape index (κ3) is 2.79. The molecule has 1 nitrogen and oxygen atoms in total. The van der Waals surface area contributed by atoms with Crippen LogP contribution in [-0.4, -0.2) is 12.0 Å². The lowest BCUT2D eigenvalue weighted by Gasteiger charge is -1.97. The molecule has 0 N–H and O–H groups in total. The Bertz CT molecular complexity index is 220. The van der Waals surface area contributed by atoms with Gasteiger partial charge in [0.25, 0.3) is 0 Å². The SMILES string of the molecule is CCCCSc1cocc1SC. The lowest BCUT2D eigenvalue weighted by molar-refractivity contribution is 0.558.